The van der Waals surface area contributed by atoms with Gasteiger partial charge in [0.05, 0.1) is 17.1 Å². The van der Waals surface area contributed by atoms with Crippen molar-refractivity contribution in [3.8, 4) is 10.7 Å². The summed E-state index contributed by atoms with van der Waals surface area (Å²) in [5.41, 5.74) is 1.60. The second-order valence-electron chi connectivity index (χ2n) is 5.42. The second-order valence-corrected chi connectivity index (χ2v) is 8.08. The van der Waals surface area contributed by atoms with E-state index in [-0.39, 0.29) is 17.3 Å². The van der Waals surface area contributed by atoms with Crippen molar-refractivity contribution in [1.29, 1.82) is 0 Å². The third-order valence-electron chi connectivity index (χ3n) is 2.44. The Morgan fingerprint density at radius 3 is 2.86 bits per heavy atom. The Labute approximate surface area is 133 Å². The molecule has 0 spiro atoms. The topological polar surface area (TPSA) is 52.1 Å². The SMILES string of the molecule is CC(C)(C)SCC(=O)OCc1csc(-c2ccccn2)n1. The highest BCUT2D eigenvalue weighted by atomic mass is 32.2. The fourth-order valence-electron chi connectivity index (χ4n) is 1.45. The predicted molar refractivity (Wildman–Crippen MR) is 87.4 cm³/mol. The van der Waals surface area contributed by atoms with Crippen molar-refractivity contribution in [2.45, 2.75) is 32.1 Å². The van der Waals surface area contributed by atoms with Crippen LogP contribution >= 0.6 is 23.1 Å². The van der Waals surface area contributed by atoms with Crippen molar-refractivity contribution in [1.82, 2.24) is 9.97 Å². The summed E-state index contributed by atoms with van der Waals surface area (Å²) in [6.07, 6.45) is 1.74. The molecule has 0 aliphatic carbocycles. The van der Waals surface area contributed by atoms with Crippen molar-refractivity contribution in [2.24, 2.45) is 0 Å². The van der Waals surface area contributed by atoms with Crippen molar-refractivity contribution in [2.75, 3.05) is 5.75 Å². The van der Waals surface area contributed by atoms with Crippen LogP contribution in [0.25, 0.3) is 10.7 Å². The molecule has 0 saturated carbocycles. The van der Waals surface area contributed by atoms with E-state index in [0.717, 1.165) is 16.4 Å². The van der Waals surface area contributed by atoms with Crippen LogP contribution < -0.4 is 0 Å². The summed E-state index contributed by atoms with van der Waals surface area (Å²) in [5.74, 6) is 0.156. The second kappa shape index (κ2) is 7.04. The quantitative estimate of drug-likeness (QED) is 0.784. The lowest BCUT2D eigenvalue weighted by Crippen LogP contribution is -2.15. The van der Waals surface area contributed by atoms with Gasteiger partial charge in [-0.15, -0.1) is 23.1 Å². The Bertz CT molecular complexity index is 591. The summed E-state index contributed by atoms with van der Waals surface area (Å²) >= 11 is 3.08. The molecule has 0 bridgehead atoms. The molecule has 0 atom stereocenters. The van der Waals surface area contributed by atoms with E-state index in [1.807, 2.05) is 23.6 Å². The van der Waals surface area contributed by atoms with Crippen LogP contribution in [0.1, 0.15) is 26.5 Å². The first-order valence-electron chi connectivity index (χ1n) is 6.59. The van der Waals surface area contributed by atoms with Gasteiger partial charge in [0.1, 0.15) is 11.6 Å². The Balaban J connectivity index is 1.85. The molecule has 21 heavy (non-hydrogen) atoms. The van der Waals surface area contributed by atoms with Gasteiger partial charge in [-0.2, -0.15) is 0 Å². The normalized spacial score (nSPS) is 11.4. The average Bonchev–Trinajstić information content (AvgIpc) is 2.92. The zero-order valence-corrected chi connectivity index (χ0v) is 14.0. The molecule has 0 amide bonds. The van der Waals surface area contributed by atoms with Gasteiger partial charge in [0.2, 0.25) is 0 Å². The maximum atomic E-state index is 11.7. The number of hydrogen-bond donors (Lipinski definition) is 0. The molecule has 0 saturated heterocycles. The molecule has 2 aromatic heterocycles. The van der Waals surface area contributed by atoms with Crippen LogP contribution in [0.4, 0.5) is 0 Å². The highest BCUT2D eigenvalue weighted by molar-refractivity contribution is 8.01. The maximum Gasteiger partial charge on any atom is 0.316 e. The number of ether oxygens (including phenoxy) is 1. The van der Waals surface area contributed by atoms with Gasteiger partial charge in [-0.3, -0.25) is 9.78 Å². The number of thioether (sulfide) groups is 1. The molecule has 4 nitrogen and oxygen atoms in total. The summed E-state index contributed by atoms with van der Waals surface area (Å²) in [7, 11) is 0. The smallest absolute Gasteiger partial charge is 0.316 e. The van der Waals surface area contributed by atoms with E-state index in [0.29, 0.717) is 5.75 Å². The minimum atomic E-state index is -0.206. The molecular formula is C15H18N2O2S2. The lowest BCUT2D eigenvalue weighted by Gasteiger charge is -2.16. The highest BCUT2D eigenvalue weighted by Crippen LogP contribution is 2.24. The minimum Gasteiger partial charge on any atom is -0.459 e. The van der Waals surface area contributed by atoms with Crippen molar-refractivity contribution >= 4 is 29.1 Å². The van der Waals surface area contributed by atoms with Crippen molar-refractivity contribution < 1.29 is 9.53 Å². The van der Waals surface area contributed by atoms with Gasteiger partial charge in [0.15, 0.2) is 0 Å². The number of carbonyl (C=O) groups excluding carboxylic acids is 1. The van der Waals surface area contributed by atoms with Crippen molar-refractivity contribution in [3.05, 3.63) is 35.5 Å². The third kappa shape index (κ3) is 5.47. The fraction of sp³-hybridized carbons (Fsp3) is 0.400. The van der Waals surface area contributed by atoms with E-state index < -0.39 is 0 Å². The third-order valence-corrected chi connectivity index (χ3v) is 4.60. The number of nitrogens with zero attached hydrogens (tertiary/aromatic N) is 2. The number of thiazole rings is 1. The number of pyridine rings is 1. The van der Waals surface area contributed by atoms with Crippen LogP contribution in [-0.4, -0.2) is 26.4 Å². The highest BCUT2D eigenvalue weighted by Gasteiger charge is 2.14. The lowest BCUT2D eigenvalue weighted by molar-refractivity contribution is -0.141. The molecule has 0 aromatic carbocycles. The van der Waals surface area contributed by atoms with Crippen LogP contribution in [0.3, 0.4) is 0 Å². The number of carbonyl (C=O) groups is 1. The Morgan fingerprint density at radius 1 is 1.38 bits per heavy atom. The molecule has 0 unspecified atom stereocenters. The number of aromatic nitrogens is 2. The molecule has 2 aromatic rings. The van der Waals surface area contributed by atoms with Crippen LogP contribution in [-0.2, 0) is 16.1 Å². The molecule has 0 fully saturated rings. The summed E-state index contributed by atoms with van der Waals surface area (Å²) in [5, 5.41) is 2.74. The fourth-order valence-corrected chi connectivity index (χ4v) is 2.87. The maximum absolute atomic E-state index is 11.7. The number of rotatable bonds is 5. The Hall–Kier alpha value is -1.40. The molecule has 112 valence electrons. The van der Waals surface area contributed by atoms with Crippen LogP contribution in [0.2, 0.25) is 0 Å². The predicted octanol–water partition coefficient (Wildman–Crippen LogP) is 3.78. The zero-order chi connectivity index (χ0) is 15.3. The van der Waals surface area contributed by atoms with Crippen LogP contribution in [0.5, 0.6) is 0 Å². The molecule has 0 N–H and O–H groups in total. The number of hydrogen-bond acceptors (Lipinski definition) is 6. The van der Waals surface area contributed by atoms with E-state index in [4.69, 9.17) is 4.74 Å². The molecule has 0 aliphatic heterocycles. The summed E-state index contributed by atoms with van der Waals surface area (Å²) in [6, 6.07) is 5.70. The first-order valence-corrected chi connectivity index (χ1v) is 8.46. The summed E-state index contributed by atoms with van der Waals surface area (Å²) in [6.45, 7) is 6.44. The van der Waals surface area contributed by atoms with Gasteiger partial charge in [-0.25, -0.2) is 4.98 Å². The Morgan fingerprint density at radius 2 is 2.19 bits per heavy atom. The van der Waals surface area contributed by atoms with Gasteiger partial charge in [0, 0.05) is 16.3 Å². The van der Waals surface area contributed by atoms with E-state index >= 15 is 0 Å². The summed E-state index contributed by atoms with van der Waals surface area (Å²) < 4.78 is 5.30. The average molecular weight is 322 g/mol. The molecule has 6 heteroatoms. The Kier molecular flexibility index (Phi) is 5.36. The lowest BCUT2D eigenvalue weighted by atomic mass is 10.3. The molecule has 2 heterocycles. The van der Waals surface area contributed by atoms with Crippen LogP contribution in [0.15, 0.2) is 29.8 Å². The molecule has 0 radical (unpaired) electrons. The van der Waals surface area contributed by atoms with Gasteiger partial charge in [0.25, 0.3) is 0 Å². The van der Waals surface area contributed by atoms with Gasteiger partial charge in [-0.1, -0.05) is 26.8 Å². The zero-order valence-electron chi connectivity index (χ0n) is 12.3. The van der Waals surface area contributed by atoms with Gasteiger partial charge >= 0.3 is 5.97 Å². The van der Waals surface area contributed by atoms with Crippen LogP contribution in [0, 0.1) is 0 Å². The van der Waals surface area contributed by atoms with E-state index in [9.17, 15) is 4.79 Å². The minimum absolute atomic E-state index is 0.0613. The van der Waals surface area contributed by atoms with Gasteiger partial charge in [-0.05, 0) is 12.1 Å². The van der Waals surface area contributed by atoms with E-state index in [1.54, 1.807) is 18.0 Å². The largest absolute Gasteiger partial charge is 0.459 e. The molecule has 2 rings (SSSR count). The van der Waals surface area contributed by atoms with Gasteiger partial charge < -0.3 is 4.74 Å². The first kappa shape index (κ1) is 16.0. The van der Waals surface area contributed by atoms with E-state index in [2.05, 4.69) is 30.7 Å². The monoisotopic (exact) mass is 322 g/mol. The standard InChI is InChI=1S/C15H18N2O2S2/c1-15(2,3)21-10-13(18)19-8-11-9-20-14(17-11)12-6-4-5-7-16-12/h4-7,9H,8,10H2,1-3H3. The van der Waals surface area contributed by atoms with E-state index in [1.165, 1.54) is 11.3 Å². The molecule has 0 aliphatic rings. The molecular weight excluding hydrogens is 304 g/mol. The number of esters is 1. The first-order chi connectivity index (χ1) is 9.94. The summed E-state index contributed by atoms with van der Waals surface area (Å²) in [4.78, 5) is 20.3. The van der Waals surface area contributed by atoms with Crippen molar-refractivity contribution in [3.63, 3.8) is 0 Å².